The fourth-order valence-corrected chi connectivity index (χ4v) is 1.90. The average Bonchev–Trinajstić information content (AvgIpc) is 2.48. The molecule has 0 saturated heterocycles. The molecule has 1 heterocycles. The van der Waals surface area contributed by atoms with Gasteiger partial charge < -0.3 is 9.84 Å². The second-order valence-electron chi connectivity index (χ2n) is 4.91. The van der Waals surface area contributed by atoms with Crippen LogP contribution in [0, 0.1) is 17.8 Å². The van der Waals surface area contributed by atoms with E-state index in [1.165, 1.54) is 19.3 Å². The van der Waals surface area contributed by atoms with E-state index in [9.17, 15) is 0 Å². The maximum absolute atomic E-state index is 8.70. The van der Waals surface area contributed by atoms with Crippen LogP contribution in [0.3, 0.4) is 0 Å². The Morgan fingerprint density at radius 2 is 2.20 bits per heavy atom. The van der Waals surface area contributed by atoms with Crippen LogP contribution in [0.5, 0.6) is 5.75 Å². The first-order valence-electron chi connectivity index (χ1n) is 7.47. The summed E-state index contributed by atoms with van der Waals surface area (Å²) >= 11 is 0. The Labute approximate surface area is 122 Å². The van der Waals surface area contributed by atoms with E-state index >= 15 is 0 Å². The normalized spacial score (nSPS) is 11.6. The zero-order valence-corrected chi connectivity index (χ0v) is 12.6. The van der Waals surface area contributed by atoms with Gasteiger partial charge in [-0.2, -0.15) is 0 Å². The summed E-state index contributed by atoms with van der Waals surface area (Å²) in [5.74, 6) is 7.24. The van der Waals surface area contributed by atoms with E-state index in [4.69, 9.17) is 9.84 Å². The molecule has 1 aromatic heterocycles. The van der Waals surface area contributed by atoms with E-state index in [0.717, 1.165) is 24.3 Å². The Balaban J connectivity index is 2.51. The summed E-state index contributed by atoms with van der Waals surface area (Å²) in [6, 6.07) is 1.91. The average molecular weight is 275 g/mol. The Morgan fingerprint density at radius 1 is 1.35 bits per heavy atom. The van der Waals surface area contributed by atoms with Crippen molar-refractivity contribution in [2.24, 2.45) is 5.92 Å². The predicted octanol–water partition coefficient (Wildman–Crippen LogP) is 3.41. The van der Waals surface area contributed by atoms with Gasteiger partial charge in [0.1, 0.15) is 5.75 Å². The van der Waals surface area contributed by atoms with Gasteiger partial charge >= 0.3 is 0 Å². The predicted molar refractivity (Wildman–Crippen MR) is 81.6 cm³/mol. The lowest BCUT2D eigenvalue weighted by atomic mass is 10.0. The molecule has 0 aliphatic rings. The molecule has 0 aromatic carbocycles. The second kappa shape index (κ2) is 10.3. The molecule has 1 unspecified atom stereocenters. The topological polar surface area (TPSA) is 42.4 Å². The van der Waals surface area contributed by atoms with Gasteiger partial charge in [0.25, 0.3) is 0 Å². The number of ether oxygens (including phenoxy) is 1. The highest BCUT2D eigenvalue weighted by Crippen LogP contribution is 2.16. The summed E-state index contributed by atoms with van der Waals surface area (Å²) in [5.41, 5.74) is 0.831. The molecule has 3 heteroatoms. The zero-order chi connectivity index (χ0) is 14.6. The standard InChI is InChI=1S/C17H25NO2/c1-3-5-8-15(4-2)14-20-17-11-16(12-18-13-17)9-6-7-10-19/h11-13,15,19H,3-5,7-8,10,14H2,1-2H3. The third kappa shape index (κ3) is 6.58. The molecule has 1 N–H and O–H groups in total. The molecule has 0 radical (unpaired) electrons. The van der Waals surface area contributed by atoms with Gasteiger partial charge in [-0.1, -0.05) is 45.0 Å². The van der Waals surface area contributed by atoms with Gasteiger partial charge in [-0.15, -0.1) is 0 Å². The number of hydrogen-bond donors (Lipinski definition) is 1. The number of aliphatic hydroxyl groups is 1. The quantitative estimate of drug-likeness (QED) is 0.739. The molecule has 110 valence electrons. The molecule has 0 spiro atoms. The van der Waals surface area contributed by atoms with Gasteiger partial charge in [0.05, 0.1) is 19.4 Å². The molecular formula is C17H25NO2. The first-order chi connectivity index (χ1) is 9.80. The number of hydrogen-bond acceptors (Lipinski definition) is 3. The van der Waals surface area contributed by atoms with E-state index in [2.05, 4.69) is 30.7 Å². The molecule has 0 amide bonds. The van der Waals surface area contributed by atoms with Gasteiger partial charge in [0.15, 0.2) is 0 Å². The largest absolute Gasteiger partial charge is 0.492 e. The molecule has 0 fully saturated rings. The van der Waals surface area contributed by atoms with Crippen molar-refractivity contribution in [1.82, 2.24) is 4.98 Å². The van der Waals surface area contributed by atoms with Crippen LogP contribution < -0.4 is 4.74 Å². The van der Waals surface area contributed by atoms with Gasteiger partial charge in [-0.3, -0.25) is 4.98 Å². The number of pyridine rings is 1. The number of rotatable bonds is 8. The van der Waals surface area contributed by atoms with Crippen LogP contribution in [0.25, 0.3) is 0 Å². The molecule has 3 nitrogen and oxygen atoms in total. The fraction of sp³-hybridized carbons (Fsp3) is 0.588. The van der Waals surface area contributed by atoms with E-state index < -0.39 is 0 Å². The van der Waals surface area contributed by atoms with E-state index in [-0.39, 0.29) is 6.61 Å². The third-order valence-electron chi connectivity index (χ3n) is 3.21. The number of aliphatic hydroxyl groups excluding tert-OH is 1. The van der Waals surface area contributed by atoms with Crippen molar-refractivity contribution in [3.05, 3.63) is 24.0 Å². The monoisotopic (exact) mass is 275 g/mol. The van der Waals surface area contributed by atoms with Crippen LogP contribution >= 0.6 is 0 Å². The van der Waals surface area contributed by atoms with Crippen molar-refractivity contribution in [1.29, 1.82) is 0 Å². The van der Waals surface area contributed by atoms with E-state index in [1.54, 1.807) is 12.4 Å². The lowest BCUT2D eigenvalue weighted by Gasteiger charge is -2.15. The second-order valence-corrected chi connectivity index (χ2v) is 4.91. The lowest BCUT2D eigenvalue weighted by molar-refractivity contribution is 0.232. The molecular weight excluding hydrogens is 250 g/mol. The Kier molecular flexibility index (Phi) is 8.49. The Hall–Kier alpha value is -1.53. The molecule has 1 atom stereocenters. The minimum absolute atomic E-state index is 0.0895. The summed E-state index contributed by atoms with van der Waals surface area (Å²) in [4.78, 5) is 4.14. The van der Waals surface area contributed by atoms with Gasteiger partial charge in [-0.05, 0) is 18.4 Å². The Bertz CT molecular complexity index is 434. The van der Waals surface area contributed by atoms with Crippen molar-refractivity contribution in [3.63, 3.8) is 0 Å². The molecule has 0 saturated carbocycles. The first kappa shape index (κ1) is 16.5. The maximum atomic E-state index is 8.70. The van der Waals surface area contributed by atoms with Crippen LogP contribution in [0.1, 0.15) is 51.5 Å². The SMILES string of the molecule is CCCCC(CC)COc1cncc(C#CCCO)c1. The van der Waals surface area contributed by atoms with Crippen LogP contribution in [0.4, 0.5) is 0 Å². The molecule has 0 bridgehead atoms. The minimum atomic E-state index is 0.0895. The van der Waals surface area contributed by atoms with Gasteiger partial charge in [0, 0.05) is 18.2 Å². The summed E-state index contributed by atoms with van der Waals surface area (Å²) in [6.07, 6.45) is 8.77. The summed E-state index contributed by atoms with van der Waals surface area (Å²) < 4.78 is 5.82. The summed E-state index contributed by atoms with van der Waals surface area (Å²) in [5, 5.41) is 8.70. The summed E-state index contributed by atoms with van der Waals surface area (Å²) in [6.45, 7) is 5.25. The highest BCUT2D eigenvalue weighted by Gasteiger charge is 2.07. The highest BCUT2D eigenvalue weighted by molar-refractivity contribution is 5.36. The lowest BCUT2D eigenvalue weighted by Crippen LogP contribution is -2.11. The molecule has 1 aromatic rings. The van der Waals surface area contributed by atoms with Crippen molar-refractivity contribution < 1.29 is 9.84 Å². The number of aromatic nitrogens is 1. The van der Waals surface area contributed by atoms with Crippen molar-refractivity contribution in [2.75, 3.05) is 13.2 Å². The minimum Gasteiger partial charge on any atom is -0.492 e. The van der Waals surface area contributed by atoms with Crippen LogP contribution in [-0.4, -0.2) is 23.3 Å². The van der Waals surface area contributed by atoms with E-state index in [0.29, 0.717) is 12.3 Å². The maximum Gasteiger partial charge on any atom is 0.138 e. The molecule has 0 aliphatic carbocycles. The van der Waals surface area contributed by atoms with Crippen LogP contribution in [-0.2, 0) is 0 Å². The van der Waals surface area contributed by atoms with Crippen LogP contribution in [0.2, 0.25) is 0 Å². The highest BCUT2D eigenvalue weighted by atomic mass is 16.5. The van der Waals surface area contributed by atoms with E-state index in [1.807, 2.05) is 6.07 Å². The fourth-order valence-electron chi connectivity index (χ4n) is 1.90. The molecule has 1 rings (SSSR count). The smallest absolute Gasteiger partial charge is 0.138 e. The van der Waals surface area contributed by atoms with Crippen molar-refractivity contribution >= 4 is 0 Å². The third-order valence-corrected chi connectivity index (χ3v) is 3.21. The van der Waals surface area contributed by atoms with Gasteiger partial charge in [0.2, 0.25) is 0 Å². The van der Waals surface area contributed by atoms with Crippen molar-refractivity contribution in [2.45, 2.75) is 46.0 Å². The first-order valence-corrected chi connectivity index (χ1v) is 7.47. The number of nitrogens with zero attached hydrogens (tertiary/aromatic N) is 1. The molecule has 20 heavy (non-hydrogen) atoms. The zero-order valence-electron chi connectivity index (χ0n) is 12.6. The van der Waals surface area contributed by atoms with Crippen molar-refractivity contribution in [3.8, 4) is 17.6 Å². The van der Waals surface area contributed by atoms with Crippen LogP contribution in [0.15, 0.2) is 18.5 Å². The Morgan fingerprint density at radius 3 is 2.90 bits per heavy atom. The summed E-state index contributed by atoms with van der Waals surface area (Å²) in [7, 11) is 0. The number of unbranched alkanes of at least 4 members (excludes halogenated alkanes) is 1. The van der Waals surface area contributed by atoms with Gasteiger partial charge in [-0.25, -0.2) is 0 Å². The molecule has 0 aliphatic heterocycles.